The Kier molecular flexibility index (Phi) is 4.34. The second-order valence-electron chi connectivity index (χ2n) is 4.45. The Labute approximate surface area is 117 Å². The largest absolute Gasteiger partial charge is 0.330 e. The van der Waals surface area contributed by atoms with Gasteiger partial charge in [0.05, 0.1) is 11.4 Å². The molecule has 102 valence electrons. The fourth-order valence-electron chi connectivity index (χ4n) is 1.80. The molecule has 1 aromatic carbocycles. The molecule has 0 aliphatic heterocycles. The summed E-state index contributed by atoms with van der Waals surface area (Å²) in [5.41, 5.74) is 8.22. The van der Waals surface area contributed by atoms with Gasteiger partial charge in [0.1, 0.15) is 5.01 Å². The van der Waals surface area contributed by atoms with Crippen LogP contribution in [0.2, 0.25) is 0 Å². The summed E-state index contributed by atoms with van der Waals surface area (Å²) >= 11 is 1.55. The Bertz CT molecular complexity index is 663. The maximum absolute atomic E-state index is 11.3. The second-order valence-corrected chi connectivity index (χ2v) is 7.45. The van der Waals surface area contributed by atoms with Gasteiger partial charge in [0.2, 0.25) is 0 Å². The Morgan fingerprint density at radius 3 is 2.84 bits per heavy atom. The van der Waals surface area contributed by atoms with Crippen molar-refractivity contribution in [3.05, 3.63) is 40.9 Å². The third-order valence-electron chi connectivity index (χ3n) is 2.56. The molecule has 0 saturated heterocycles. The number of benzene rings is 1. The Hall–Kier alpha value is -1.24. The molecule has 19 heavy (non-hydrogen) atoms. The Balaban J connectivity index is 2.27. The van der Waals surface area contributed by atoms with Crippen LogP contribution in [0.25, 0.3) is 10.6 Å². The van der Waals surface area contributed by atoms with Crippen molar-refractivity contribution in [3.8, 4) is 10.6 Å². The van der Waals surface area contributed by atoms with Crippen LogP contribution >= 0.6 is 11.3 Å². The highest BCUT2D eigenvalue weighted by Gasteiger charge is 2.08. The number of hydrogen-bond donors (Lipinski definition) is 1. The number of aromatic nitrogens is 1. The molecular weight excluding hydrogens is 280 g/mol. The lowest BCUT2D eigenvalue weighted by Gasteiger charge is -2.02. The van der Waals surface area contributed by atoms with Crippen LogP contribution in [0.15, 0.2) is 29.6 Å². The highest BCUT2D eigenvalue weighted by molar-refractivity contribution is 7.89. The number of thiazole rings is 1. The monoisotopic (exact) mass is 296 g/mol. The van der Waals surface area contributed by atoms with Gasteiger partial charge in [-0.3, -0.25) is 0 Å². The fraction of sp³-hybridized carbons (Fsp3) is 0.308. The van der Waals surface area contributed by atoms with E-state index in [0.29, 0.717) is 6.54 Å². The SMILES string of the molecule is CS(=O)(=O)Cc1cccc(-c2nc(CCN)cs2)c1. The van der Waals surface area contributed by atoms with E-state index in [0.717, 1.165) is 28.2 Å². The smallest absolute Gasteiger partial charge is 0.151 e. The lowest BCUT2D eigenvalue weighted by molar-refractivity contribution is 0.601. The minimum absolute atomic E-state index is 0.0574. The van der Waals surface area contributed by atoms with E-state index in [1.165, 1.54) is 6.26 Å². The van der Waals surface area contributed by atoms with Gasteiger partial charge in [0.25, 0.3) is 0 Å². The molecule has 0 fully saturated rings. The van der Waals surface area contributed by atoms with Crippen molar-refractivity contribution in [2.45, 2.75) is 12.2 Å². The minimum Gasteiger partial charge on any atom is -0.330 e. The predicted molar refractivity (Wildman–Crippen MR) is 78.9 cm³/mol. The van der Waals surface area contributed by atoms with Gasteiger partial charge in [-0.2, -0.15) is 0 Å². The zero-order valence-electron chi connectivity index (χ0n) is 10.7. The number of rotatable bonds is 5. The topological polar surface area (TPSA) is 73.0 Å². The molecular formula is C13H16N2O2S2. The van der Waals surface area contributed by atoms with E-state index >= 15 is 0 Å². The summed E-state index contributed by atoms with van der Waals surface area (Å²) in [7, 11) is -3.01. The van der Waals surface area contributed by atoms with Crippen molar-refractivity contribution >= 4 is 21.2 Å². The maximum Gasteiger partial charge on any atom is 0.151 e. The summed E-state index contributed by atoms with van der Waals surface area (Å²) in [4.78, 5) is 4.50. The van der Waals surface area contributed by atoms with Gasteiger partial charge >= 0.3 is 0 Å². The van der Waals surface area contributed by atoms with Crippen molar-refractivity contribution in [1.29, 1.82) is 0 Å². The summed E-state index contributed by atoms with van der Waals surface area (Å²) in [6.45, 7) is 0.581. The molecule has 0 bridgehead atoms. The molecule has 2 N–H and O–H groups in total. The van der Waals surface area contributed by atoms with Gasteiger partial charge in [-0.15, -0.1) is 11.3 Å². The second kappa shape index (κ2) is 5.81. The summed E-state index contributed by atoms with van der Waals surface area (Å²) < 4.78 is 22.6. The van der Waals surface area contributed by atoms with Crippen molar-refractivity contribution in [2.75, 3.05) is 12.8 Å². The number of sulfone groups is 1. The average Bonchev–Trinajstić information content (AvgIpc) is 2.76. The molecule has 2 rings (SSSR count). The van der Waals surface area contributed by atoms with Gasteiger partial charge in [-0.25, -0.2) is 13.4 Å². The van der Waals surface area contributed by atoms with Gasteiger partial charge in [-0.1, -0.05) is 18.2 Å². The van der Waals surface area contributed by atoms with Crippen molar-refractivity contribution in [2.24, 2.45) is 5.73 Å². The molecule has 1 aromatic heterocycles. The molecule has 2 aromatic rings. The van der Waals surface area contributed by atoms with Crippen molar-refractivity contribution in [3.63, 3.8) is 0 Å². The molecule has 1 heterocycles. The number of hydrogen-bond acceptors (Lipinski definition) is 5. The highest BCUT2D eigenvalue weighted by atomic mass is 32.2. The Morgan fingerprint density at radius 1 is 1.37 bits per heavy atom. The molecule has 0 spiro atoms. The lowest BCUT2D eigenvalue weighted by Crippen LogP contribution is -2.02. The standard InChI is InChI=1S/C13H16N2O2S2/c1-19(16,17)9-10-3-2-4-11(7-10)13-15-12(5-6-14)8-18-13/h2-4,7-8H,5-6,9,14H2,1H3. The fourth-order valence-corrected chi connectivity index (χ4v) is 3.44. The lowest BCUT2D eigenvalue weighted by atomic mass is 10.1. The highest BCUT2D eigenvalue weighted by Crippen LogP contribution is 2.25. The van der Waals surface area contributed by atoms with E-state index in [-0.39, 0.29) is 5.75 Å². The van der Waals surface area contributed by atoms with E-state index in [4.69, 9.17) is 5.73 Å². The molecule has 0 atom stereocenters. The zero-order valence-corrected chi connectivity index (χ0v) is 12.3. The molecule has 4 nitrogen and oxygen atoms in total. The molecule has 0 saturated carbocycles. The first-order valence-electron chi connectivity index (χ1n) is 5.89. The summed E-state index contributed by atoms with van der Waals surface area (Å²) in [5, 5.41) is 2.89. The molecule has 0 amide bonds. The first-order valence-corrected chi connectivity index (χ1v) is 8.83. The van der Waals surface area contributed by atoms with Gasteiger partial charge < -0.3 is 5.73 Å². The Morgan fingerprint density at radius 2 is 2.16 bits per heavy atom. The maximum atomic E-state index is 11.3. The first kappa shape index (κ1) is 14.2. The molecule has 0 unspecified atom stereocenters. The van der Waals surface area contributed by atoms with E-state index < -0.39 is 9.84 Å². The third-order valence-corrected chi connectivity index (χ3v) is 4.35. The summed E-state index contributed by atoms with van der Waals surface area (Å²) in [5.74, 6) is 0.0574. The molecule has 0 radical (unpaired) electrons. The van der Waals surface area contributed by atoms with Crippen LogP contribution in [-0.4, -0.2) is 26.2 Å². The van der Waals surface area contributed by atoms with Crippen LogP contribution in [-0.2, 0) is 22.0 Å². The van der Waals surface area contributed by atoms with Gasteiger partial charge in [0, 0.05) is 23.6 Å². The van der Waals surface area contributed by atoms with Crippen LogP contribution < -0.4 is 5.73 Å². The van der Waals surface area contributed by atoms with Gasteiger partial charge in [-0.05, 0) is 18.2 Å². The van der Waals surface area contributed by atoms with E-state index in [9.17, 15) is 8.42 Å². The predicted octanol–water partition coefficient (Wildman–Crippen LogP) is 1.86. The molecule has 6 heteroatoms. The van der Waals surface area contributed by atoms with Crippen LogP contribution in [0.5, 0.6) is 0 Å². The van der Waals surface area contributed by atoms with Gasteiger partial charge in [0.15, 0.2) is 9.84 Å². The van der Waals surface area contributed by atoms with Crippen molar-refractivity contribution < 1.29 is 8.42 Å². The first-order chi connectivity index (χ1) is 8.98. The summed E-state index contributed by atoms with van der Waals surface area (Å²) in [6, 6.07) is 7.50. The van der Waals surface area contributed by atoms with E-state index in [1.807, 2.05) is 29.6 Å². The minimum atomic E-state index is -3.01. The van der Waals surface area contributed by atoms with Crippen LogP contribution in [0.4, 0.5) is 0 Å². The number of nitrogens with two attached hydrogens (primary N) is 1. The van der Waals surface area contributed by atoms with E-state index in [2.05, 4.69) is 4.98 Å². The van der Waals surface area contributed by atoms with Crippen molar-refractivity contribution in [1.82, 2.24) is 4.98 Å². The van der Waals surface area contributed by atoms with Crippen LogP contribution in [0.3, 0.4) is 0 Å². The van der Waals surface area contributed by atoms with Crippen LogP contribution in [0, 0.1) is 0 Å². The van der Waals surface area contributed by atoms with Crippen LogP contribution in [0.1, 0.15) is 11.3 Å². The molecule has 0 aliphatic rings. The molecule has 0 aliphatic carbocycles. The zero-order chi connectivity index (χ0) is 13.9. The van der Waals surface area contributed by atoms with E-state index in [1.54, 1.807) is 11.3 Å². The average molecular weight is 296 g/mol. The quantitative estimate of drug-likeness (QED) is 0.914. The summed E-state index contributed by atoms with van der Waals surface area (Å²) in [6.07, 6.45) is 2.00. The third kappa shape index (κ3) is 4.12. The number of nitrogens with zero attached hydrogens (tertiary/aromatic N) is 1. The normalized spacial score (nSPS) is 11.7.